The van der Waals surface area contributed by atoms with Crippen molar-refractivity contribution in [3.05, 3.63) is 89.5 Å². The number of carbonyl (C=O) groups is 2. The minimum absolute atomic E-state index is 0.173. The van der Waals surface area contributed by atoms with Gasteiger partial charge in [-0.3, -0.25) is 9.59 Å². The van der Waals surface area contributed by atoms with E-state index < -0.39 is 6.10 Å². The van der Waals surface area contributed by atoms with Crippen molar-refractivity contribution in [2.24, 2.45) is 0 Å². The maximum atomic E-state index is 13.3. The van der Waals surface area contributed by atoms with E-state index in [-0.39, 0.29) is 11.8 Å². The highest BCUT2D eigenvalue weighted by Gasteiger charge is 2.22. The lowest BCUT2D eigenvalue weighted by Crippen LogP contribution is -2.33. The fraction of sp³-hybridized carbons (Fsp3) is 0.231. The van der Waals surface area contributed by atoms with Crippen LogP contribution in [0, 0.1) is 13.8 Å². The van der Waals surface area contributed by atoms with Crippen molar-refractivity contribution in [1.29, 1.82) is 0 Å². The molecular weight excluding hydrogens is 388 g/mol. The molecule has 0 aliphatic carbocycles. The number of ether oxygens (including phenoxy) is 1. The first-order valence-electron chi connectivity index (χ1n) is 10.4. The molecule has 2 amide bonds. The minimum atomic E-state index is -0.722. The van der Waals surface area contributed by atoms with Crippen LogP contribution in [0.1, 0.15) is 35.3 Å². The van der Waals surface area contributed by atoms with Crippen molar-refractivity contribution < 1.29 is 14.3 Å². The Bertz CT molecular complexity index is 1060. The highest BCUT2D eigenvalue weighted by Crippen LogP contribution is 2.23. The van der Waals surface area contributed by atoms with Gasteiger partial charge >= 0.3 is 0 Å². The van der Waals surface area contributed by atoms with E-state index >= 15 is 0 Å². The van der Waals surface area contributed by atoms with Crippen LogP contribution in [0.4, 0.5) is 11.4 Å². The number of anilines is 2. The van der Waals surface area contributed by atoms with Crippen LogP contribution < -0.4 is 15.0 Å². The summed E-state index contributed by atoms with van der Waals surface area (Å²) < 4.78 is 5.89. The quantitative estimate of drug-likeness (QED) is 0.563. The highest BCUT2D eigenvalue weighted by molar-refractivity contribution is 6.11. The number of amides is 2. The molecule has 0 aromatic heterocycles. The third kappa shape index (κ3) is 5.31. The number of para-hydroxylation sites is 2. The van der Waals surface area contributed by atoms with Gasteiger partial charge in [-0.05, 0) is 69.2 Å². The number of benzene rings is 3. The zero-order chi connectivity index (χ0) is 22.4. The average Bonchev–Trinajstić information content (AvgIpc) is 2.77. The second-order valence-electron chi connectivity index (χ2n) is 7.45. The molecule has 0 bridgehead atoms. The first kappa shape index (κ1) is 22.1. The molecule has 3 rings (SSSR count). The molecule has 0 saturated heterocycles. The second kappa shape index (κ2) is 9.94. The Hall–Kier alpha value is -3.60. The molecule has 31 heavy (non-hydrogen) atoms. The Kier molecular flexibility index (Phi) is 7.08. The van der Waals surface area contributed by atoms with Crippen molar-refractivity contribution in [3.8, 4) is 5.75 Å². The molecule has 0 heterocycles. The van der Waals surface area contributed by atoms with E-state index in [1.807, 2.05) is 69.3 Å². The summed E-state index contributed by atoms with van der Waals surface area (Å²) in [7, 11) is 0. The number of nitrogens with zero attached hydrogens (tertiary/aromatic N) is 1. The first-order valence-corrected chi connectivity index (χ1v) is 10.4. The van der Waals surface area contributed by atoms with E-state index in [0.717, 1.165) is 16.8 Å². The summed E-state index contributed by atoms with van der Waals surface area (Å²) in [5, 5.41) is 2.86. The van der Waals surface area contributed by atoms with Gasteiger partial charge in [-0.1, -0.05) is 42.5 Å². The van der Waals surface area contributed by atoms with E-state index in [1.165, 1.54) is 0 Å². The molecule has 0 aliphatic heterocycles. The predicted molar refractivity (Wildman–Crippen MR) is 125 cm³/mol. The summed E-state index contributed by atoms with van der Waals surface area (Å²) in [6.45, 7) is 8.05. The van der Waals surface area contributed by atoms with E-state index in [4.69, 9.17) is 4.74 Å². The van der Waals surface area contributed by atoms with Gasteiger partial charge in [0, 0.05) is 12.2 Å². The maximum Gasteiger partial charge on any atom is 0.265 e. The van der Waals surface area contributed by atoms with Crippen molar-refractivity contribution in [3.63, 3.8) is 0 Å². The number of rotatable bonds is 7. The van der Waals surface area contributed by atoms with Gasteiger partial charge in [-0.25, -0.2) is 0 Å². The molecule has 5 nitrogen and oxygen atoms in total. The average molecular weight is 417 g/mol. The van der Waals surface area contributed by atoms with Crippen LogP contribution in [-0.4, -0.2) is 24.5 Å². The predicted octanol–water partition coefficient (Wildman–Crippen LogP) is 5.38. The molecule has 0 fully saturated rings. The van der Waals surface area contributed by atoms with Gasteiger partial charge in [0.2, 0.25) is 0 Å². The van der Waals surface area contributed by atoms with Crippen LogP contribution in [0.5, 0.6) is 5.75 Å². The third-order valence-electron chi connectivity index (χ3n) is 5.06. The molecule has 0 aliphatic rings. The van der Waals surface area contributed by atoms with Crippen LogP contribution in [0.3, 0.4) is 0 Å². The molecule has 160 valence electrons. The zero-order valence-corrected chi connectivity index (χ0v) is 18.4. The summed E-state index contributed by atoms with van der Waals surface area (Å²) in [5.41, 5.74) is 3.72. The van der Waals surface area contributed by atoms with Crippen molar-refractivity contribution in [2.45, 2.75) is 33.8 Å². The van der Waals surface area contributed by atoms with Crippen molar-refractivity contribution >= 4 is 23.2 Å². The largest absolute Gasteiger partial charge is 0.481 e. The van der Waals surface area contributed by atoms with Crippen molar-refractivity contribution in [1.82, 2.24) is 0 Å². The Morgan fingerprint density at radius 3 is 2.35 bits per heavy atom. The van der Waals surface area contributed by atoms with Gasteiger partial charge in [-0.15, -0.1) is 0 Å². The summed E-state index contributed by atoms with van der Waals surface area (Å²) >= 11 is 0. The van der Waals surface area contributed by atoms with Gasteiger partial charge in [0.25, 0.3) is 11.8 Å². The number of nitrogens with one attached hydrogen (secondary N) is 1. The first-order chi connectivity index (χ1) is 14.9. The lowest BCUT2D eigenvalue weighted by molar-refractivity contribution is -0.122. The van der Waals surface area contributed by atoms with Gasteiger partial charge in [0.15, 0.2) is 6.10 Å². The molecule has 3 aromatic rings. The third-order valence-corrected chi connectivity index (χ3v) is 5.06. The smallest absolute Gasteiger partial charge is 0.265 e. The van der Waals surface area contributed by atoms with E-state index in [2.05, 4.69) is 5.32 Å². The molecule has 1 N–H and O–H groups in total. The molecule has 0 spiro atoms. The SMILES string of the molecule is CCN(C(=O)c1ccccc1NC(=O)C(C)Oc1cc(C)ccc1C)c1ccccc1. The minimum Gasteiger partial charge on any atom is -0.481 e. The molecule has 1 unspecified atom stereocenters. The maximum absolute atomic E-state index is 13.3. The lowest BCUT2D eigenvalue weighted by atomic mass is 10.1. The van der Waals surface area contributed by atoms with E-state index in [9.17, 15) is 9.59 Å². The van der Waals surface area contributed by atoms with Crippen LogP contribution in [0.2, 0.25) is 0 Å². The Morgan fingerprint density at radius 1 is 0.968 bits per heavy atom. The number of hydrogen-bond acceptors (Lipinski definition) is 3. The zero-order valence-electron chi connectivity index (χ0n) is 18.4. The number of carbonyl (C=O) groups excluding carboxylic acids is 2. The fourth-order valence-corrected chi connectivity index (χ4v) is 3.29. The van der Waals surface area contributed by atoms with Crippen LogP contribution in [-0.2, 0) is 4.79 Å². The van der Waals surface area contributed by atoms with E-state index in [0.29, 0.717) is 23.5 Å². The normalized spacial score (nSPS) is 11.5. The van der Waals surface area contributed by atoms with Gasteiger partial charge in [0.05, 0.1) is 11.3 Å². The Labute approximate surface area is 183 Å². The summed E-state index contributed by atoms with van der Waals surface area (Å²) in [6, 6.07) is 22.4. The lowest BCUT2D eigenvalue weighted by Gasteiger charge is -2.23. The molecule has 3 aromatic carbocycles. The van der Waals surface area contributed by atoms with Gasteiger partial charge in [-0.2, -0.15) is 0 Å². The molecule has 0 radical (unpaired) electrons. The summed E-state index contributed by atoms with van der Waals surface area (Å²) in [5.74, 6) is 0.185. The summed E-state index contributed by atoms with van der Waals surface area (Å²) in [6.07, 6.45) is -0.722. The Morgan fingerprint density at radius 2 is 1.65 bits per heavy atom. The van der Waals surface area contributed by atoms with Crippen molar-refractivity contribution in [2.75, 3.05) is 16.8 Å². The monoisotopic (exact) mass is 416 g/mol. The van der Waals surface area contributed by atoms with Crippen LogP contribution >= 0.6 is 0 Å². The molecule has 1 atom stereocenters. The van der Waals surface area contributed by atoms with Crippen LogP contribution in [0.15, 0.2) is 72.8 Å². The second-order valence-corrected chi connectivity index (χ2v) is 7.45. The fourth-order valence-electron chi connectivity index (χ4n) is 3.29. The standard InChI is InChI=1S/C26H28N2O3/c1-5-28(21-11-7-6-8-12-21)26(30)22-13-9-10-14-23(22)27-25(29)20(4)31-24-17-18(2)15-16-19(24)3/h6-17,20H,5H2,1-4H3,(H,27,29). The van der Waals surface area contributed by atoms with Gasteiger partial charge < -0.3 is 15.0 Å². The summed E-state index contributed by atoms with van der Waals surface area (Å²) in [4.78, 5) is 27.8. The highest BCUT2D eigenvalue weighted by atomic mass is 16.5. The van der Waals surface area contributed by atoms with Crippen LogP contribution in [0.25, 0.3) is 0 Å². The molecule has 5 heteroatoms. The number of hydrogen-bond donors (Lipinski definition) is 1. The Balaban J connectivity index is 1.79. The molecular formula is C26H28N2O3. The topological polar surface area (TPSA) is 58.6 Å². The molecule has 0 saturated carbocycles. The van der Waals surface area contributed by atoms with Gasteiger partial charge in [0.1, 0.15) is 5.75 Å². The van der Waals surface area contributed by atoms with E-state index in [1.54, 1.807) is 36.1 Å². The number of aryl methyl sites for hydroxylation is 2.